The number of carbonyl (C=O) groups excluding carboxylic acids is 1. The van der Waals surface area contributed by atoms with Crippen LogP contribution in [0.2, 0.25) is 0 Å². The summed E-state index contributed by atoms with van der Waals surface area (Å²) in [7, 11) is 0. The fraction of sp³-hybridized carbons (Fsp3) is 0.917. The van der Waals surface area contributed by atoms with Gasteiger partial charge in [0.2, 0.25) is 0 Å². The summed E-state index contributed by atoms with van der Waals surface area (Å²) < 4.78 is 0. The lowest BCUT2D eigenvalue weighted by Crippen LogP contribution is -2.49. The standard InChI is InChI=1S/C12H22N2O/c1-12(2,10-15)9-13-5-7-14(8-6-13)11-3-4-11/h10-11H,3-9H2,1-2H3. The Morgan fingerprint density at radius 3 is 2.27 bits per heavy atom. The highest BCUT2D eigenvalue weighted by molar-refractivity contribution is 5.58. The van der Waals surface area contributed by atoms with Gasteiger partial charge in [-0.1, -0.05) is 13.8 Å². The Labute approximate surface area is 92.4 Å². The van der Waals surface area contributed by atoms with Crippen molar-refractivity contribution in [1.82, 2.24) is 9.80 Å². The van der Waals surface area contributed by atoms with E-state index in [1.165, 1.54) is 25.9 Å². The molecule has 1 saturated carbocycles. The molecule has 0 amide bonds. The van der Waals surface area contributed by atoms with Crippen LogP contribution in [0, 0.1) is 5.41 Å². The van der Waals surface area contributed by atoms with E-state index in [2.05, 4.69) is 9.80 Å². The maximum Gasteiger partial charge on any atom is 0.126 e. The van der Waals surface area contributed by atoms with Crippen molar-refractivity contribution in [2.75, 3.05) is 32.7 Å². The summed E-state index contributed by atoms with van der Waals surface area (Å²) in [6.45, 7) is 9.61. The second-order valence-electron chi connectivity index (χ2n) is 5.65. The fourth-order valence-electron chi connectivity index (χ4n) is 2.34. The zero-order valence-electron chi connectivity index (χ0n) is 9.91. The average Bonchev–Trinajstić information content (AvgIpc) is 3.02. The molecule has 15 heavy (non-hydrogen) atoms. The Morgan fingerprint density at radius 2 is 1.80 bits per heavy atom. The van der Waals surface area contributed by atoms with Crippen molar-refractivity contribution < 1.29 is 4.79 Å². The van der Waals surface area contributed by atoms with Gasteiger partial charge in [-0.3, -0.25) is 9.80 Å². The van der Waals surface area contributed by atoms with Crippen molar-refractivity contribution in [2.24, 2.45) is 5.41 Å². The third kappa shape index (κ3) is 3.02. The molecule has 0 unspecified atom stereocenters. The molecule has 1 saturated heterocycles. The van der Waals surface area contributed by atoms with Crippen LogP contribution in [0.25, 0.3) is 0 Å². The van der Waals surface area contributed by atoms with Crippen LogP contribution in [0.5, 0.6) is 0 Å². The molecule has 0 radical (unpaired) electrons. The number of piperazine rings is 1. The predicted octanol–water partition coefficient (Wildman–Crippen LogP) is 0.991. The molecule has 0 bridgehead atoms. The van der Waals surface area contributed by atoms with Gasteiger partial charge in [0.25, 0.3) is 0 Å². The molecule has 0 aromatic carbocycles. The number of rotatable bonds is 4. The van der Waals surface area contributed by atoms with Crippen LogP contribution in [-0.4, -0.2) is 54.9 Å². The van der Waals surface area contributed by atoms with Crippen molar-refractivity contribution in [1.29, 1.82) is 0 Å². The second kappa shape index (κ2) is 4.22. The van der Waals surface area contributed by atoms with Crippen LogP contribution >= 0.6 is 0 Å². The Balaban J connectivity index is 1.75. The first kappa shape index (κ1) is 11.1. The van der Waals surface area contributed by atoms with Gasteiger partial charge in [0, 0.05) is 44.2 Å². The van der Waals surface area contributed by atoms with Gasteiger partial charge >= 0.3 is 0 Å². The SMILES string of the molecule is CC(C)(C=O)CN1CCN(C2CC2)CC1. The van der Waals surface area contributed by atoms with Gasteiger partial charge in [0.1, 0.15) is 6.29 Å². The summed E-state index contributed by atoms with van der Waals surface area (Å²) in [4.78, 5) is 15.9. The van der Waals surface area contributed by atoms with Crippen LogP contribution in [0.3, 0.4) is 0 Å². The van der Waals surface area contributed by atoms with Crippen molar-refractivity contribution >= 4 is 6.29 Å². The maximum atomic E-state index is 10.8. The minimum atomic E-state index is -0.179. The molecular weight excluding hydrogens is 188 g/mol. The Kier molecular flexibility index (Phi) is 3.12. The molecule has 0 aromatic rings. The minimum Gasteiger partial charge on any atom is -0.303 e. The summed E-state index contributed by atoms with van der Waals surface area (Å²) in [6.07, 6.45) is 3.89. The number of carbonyl (C=O) groups is 1. The molecular formula is C12H22N2O. The monoisotopic (exact) mass is 210 g/mol. The Morgan fingerprint density at radius 1 is 1.20 bits per heavy atom. The van der Waals surface area contributed by atoms with E-state index in [0.29, 0.717) is 0 Å². The minimum absolute atomic E-state index is 0.179. The zero-order chi connectivity index (χ0) is 10.9. The largest absolute Gasteiger partial charge is 0.303 e. The predicted molar refractivity (Wildman–Crippen MR) is 60.9 cm³/mol. The molecule has 2 rings (SSSR count). The van der Waals surface area contributed by atoms with Gasteiger partial charge in [-0.15, -0.1) is 0 Å². The lowest BCUT2D eigenvalue weighted by atomic mass is 9.95. The van der Waals surface area contributed by atoms with E-state index in [1.54, 1.807) is 0 Å². The average molecular weight is 210 g/mol. The van der Waals surface area contributed by atoms with E-state index < -0.39 is 0 Å². The smallest absolute Gasteiger partial charge is 0.126 e. The number of hydrogen-bond acceptors (Lipinski definition) is 3. The molecule has 0 atom stereocenters. The summed E-state index contributed by atoms with van der Waals surface area (Å²) in [5.41, 5.74) is -0.179. The maximum absolute atomic E-state index is 10.8. The van der Waals surface area contributed by atoms with Crippen LogP contribution in [-0.2, 0) is 4.79 Å². The second-order valence-corrected chi connectivity index (χ2v) is 5.65. The molecule has 86 valence electrons. The molecule has 1 aliphatic heterocycles. The first-order valence-electron chi connectivity index (χ1n) is 6.03. The van der Waals surface area contributed by atoms with Crippen LogP contribution < -0.4 is 0 Å². The number of aldehydes is 1. The molecule has 1 aliphatic carbocycles. The summed E-state index contributed by atoms with van der Waals surface area (Å²) in [6, 6.07) is 0.895. The molecule has 1 heterocycles. The van der Waals surface area contributed by atoms with Gasteiger partial charge in [0.15, 0.2) is 0 Å². The number of hydrogen-bond donors (Lipinski definition) is 0. The molecule has 3 nitrogen and oxygen atoms in total. The molecule has 0 aromatic heterocycles. The van der Waals surface area contributed by atoms with E-state index >= 15 is 0 Å². The highest BCUT2D eigenvalue weighted by Gasteiger charge is 2.32. The fourth-order valence-corrected chi connectivity index (χ4v) is 2.34. The van der Waals surface area contributed by atoms with E-state index in [-0.39, 0.29) is 5.41 Å². The summed E-state index contributed by atoms with van der Waals surface area (Å²) in [5, 5.41) is 0. The Bertz CT molecular complexity index is 228. The summed E-state index contributed by atoms with van der Waals surface area (Å²) >= 11 is 0. The Hall–Kier alpha value is -0.410. The quantitative estimate of drug-likeness (QED) is 0.647. The van der Waals surface area contributed by atoms with E-state index in [9.17, 15) is 4.79 Å². The number of nitrogens with zero attached hydrogens (tertiary/aromatic N) is 2. The van der Waals surface area contributed by atoms with E-state index in [1.807, 2.05) is 13.8 Å². The molecule has 2 aliphatic rings. The molecule has 0 spiro atoms. The van der Waals surface area contributed by atoms with E-state index in [0.717, 1.165) is 32.0 Å². The van der Waals surface area contributed by atoms with Gasteiger partial charge in [-0.2, -0.15) is 0 Å². The van der Waals surface area contributed by atoms with E-state index in [4.69, 9.17) is 0 Å². The van der Waals surface area contributed by atoms with Crippen molar-refractivity contribution in [3.63, 3.8) is 0 Å². The highest BCUT2D eigenvalue weighted by atomic mass is 16.1. The topological polar surface area (TPSA) is 23.6 Å². The molecule has 3 heteroatoms. The van der Waals surface area contributed by atoms with Crippen LogP contribution in [0.15, 0.2) is 0 Å². The zero-order valence-corrected chi connectivity index (χ0v) is 9.91. The third-order valence-electron chi connectivity index (χ3n) is 3.42. The third-order valence-corrected chi connectivity index (χ3v) is 3.42. The van der Waals surface area contributed by atoms with Gasteiger partial charge in [-0.05, 0) is 12.8 Å². The summed E-state index contributed by atoms with van der Waals surface area (Å²) in [5.74, 6) is 0. The first-order chi connectivity index (χ1) is 7.11. The van der Waals surface area contributed by atoms with Gasteiger partial charge in [0.05, 0.1) is 0 Å². The van der Waals surface area contributed by atoms with Gasteiger partial charge in [-0.25, -0.2) is 0 Å². The van der Waals surface area contributed by atoms with Gasteiger partial charge < -0.3 is 4.79 Å². The lowest BCUT2D eigenvalue weighted by Gasteiger charge is -2.37. The van der Waals surface area contributed by atoms with Crippen molar-refractivity contribution in [3.8, 4) is 0 Å². The van der Waals surface area contributed by atoms with Crippen LogP contribution in [0.1, 0.15) is 26.7 Å². The normalized spacial score (nSPS) is 25.5. The lowest BCUT2D eigenvalue weighted by molar-refractivity contribution is -0.115. The highest BCUT2D eigenvalue weighted by Crippen LogP contribution is 2.27. The van der Waals surface area contributed by atoms with Crippen LogP contribution in [0.4, 0.5) is 0 Å². The molecule has 0 N–H and O–H groups in total. The van der Waals surface area contributed by atoms with Crippen molar-refractivity contribution in [3.05, 3.63) is 0 Å². The first-order valence-corrected chi connectivity index (χ1v) is 6.03. The van der Waals surface area contributed by atoms with Crippen molar-refractivity contribution in [2.45, 2.75) is 32.7 Å². The molecule has 2 fully saturated rings.